The van der Waals surface area contributed by atoms with Crippen molar-refractivity contribution in [3.63, 3.8) is 0 Å². The van der Waals surface area contributed by atoms with Crippen LogP contribution in [0.1, 0.15) is 37.0 Å². The van der Waals surface area contributed by atoms with Crippen molar-refractivity contribution in [1.82, 2.24) is 10.2 Å². The van der Waals surface area contributed by atoms with Gasteiger partial charge in [-0.1, -0.05) is 80.0 Å². The molecule has 1 N–H and O–H groups in total. The molecule has 3 rings (SSSR count). The van der Waals surface area contributed by atoms with Gasteiger partial charge >= 0.3 is 0 Å². The lowest BCUT2D eigenvalue weighted by molar-refractivity contribution is -0.142. The van der Waals surface area contributed by atoms with Gasteiger partial charge in [-0.25, -0.2) is 0 Å². The standard InChI is InChI=1S/C29H32BrClN2O3/c1-3-16-32-29(35)26(18-22-10-6-5-7-11-22)33(19-23-12-8-9-13-25(23)31)28(34)20-36-27-15-14-21(4-2)17-24(27)30/h5-15,17,26H,3-4,16,18-20H2,1-2H3,(H,32,35)/t26-/m1/s1. The van der Waals surface area contributed by atoms with Crippen molar-refractivity contribution < 1.29 is 14.3 Å². The molecule has 0 unspecified atom stereocenters. The first kappa shape index (κ1) is 27.8. The number of ether oxygens (including phenoxy) is 1. The number of carbonyl (C=O) groups is 2. The van der Waals surface area contributed by atoms with Crippen LogP contribution in [0.4, 0.5) is 0 Å². The van der Waals surface area contributed by atoms with Gasteiger partial charge < -0.3 is 15.0 Å². The van der Waals surface area contributed by atoms with Crippen LogP contribution >= 0.6 is 27.5 Å². The van der Waals surface area contributed by atoms with Gasteiger partial charge in [-0.2, -0.15) is 0 Å². The number of hydrogen-bond acceptors (Lipinski definition) is 3. The van der Waals surface area contributed by atoms with Crippen molar-refractivity contribution in [2.75, 3.05) is 13.2 Å². The Balaban J connectivity index is 1.90. The van der Waals surface area contributed by atoms with Gasteiger partial charge in [0, 0.05) is 24.5 Å². The fraction of sp³-hybridized carbons (Fsp3) is 0.310. The van der Waals surface area contributed by atoms with Crippen molar-refractivity contribution >= 4 is 39.3 Å². The molecule has 3 aromatic carbocycles. The van der Waals surface area contributed by atoms with E-state index >= 15 is 0 Å². The maximum absolute atomic E-state index is 13.6. The zero-order valence-corrected chi connectivity index (χ0v) is 23.0. The second-order valence-electron chi connectivity index (χ2n) is 8.52. The molecule has 0 aromatic heterocycles. The number of amides is 2. The van der Waals surface area contributed by atoms with E-state index in [1.807, 2.05) is 73.7 Å². The van der Waals surface area contributed by atoms with Gasteiger partial charge in [-0.15, -0.1) is 0 Å². The molecule has 0 radical (unpaired) electrons. The minimum absolute atomic E-state index is 0.189. The van der Waals surface area contributed by atoms with E-state index in [9.17, 15) is 9.59 Å². The molecule has 0 aliphatic carbocycles. The Morgan fingerprint density at radius 1 is 1.00 bits per heavy atom. The third kappa shape index (κ3) is 7.84. The zero-order valence-electron chi connectivity index (χ0n) is 20.7. The number of aryl methyl sites for hydroxylation is 1. The fourth-order valence-electron chi connectivity index (χ4n) is 3.83. The summed E-state index contributed by atoms with van der Waals surface area (Å²) in [6.07, 6.45) is 2.08. The van der Waals surface area contributed by atoms with Crippen molar-refractivity contribution in [3.05, 3.63) is 99.0 Å². The van der Waals surface area contributed by atoms with Crippen molar-refractivity contribution in [3.8, 4) is 5.75 Å². The van der Waals surface area contributed by atoms with Crippen LogP contribution in [0.15, 0.2) is 77.3 Å². The van der Waals surface area contributed by atoms with Gasteiger partial charge in [0.25, 0.3) is 5.91 Å². The number of nitrogens with zero attached hydrogens (tertiary/aromatic N) is 1. The first-order valence-electron chi connectivity index (χ1n) is 12.2. The number of nitrogens with one attached hydrogen (secondary N) is 1. The Bertz CT molecular complexity index is 1160. The van der Waals surface area contributed by atoms with E-state index < -0.39 is 6.04 Å². The lowest BCUT2D eigenvalue weighted by atomic mass is 10.0. The normalized spacial score (nSPS) is 11.6. The quantitative estimate of drug-likeness (QED) is 0.281. The molecule has 5 nitrogen and oxygen atoms in total. The molecule has 0 spiro atoms. The molecule has 1 atom stereocenters. The first-order chi connectivity index (χ1) is 17.4. The van der Waals surface area contributed by atoms with E-state index in [4.69, 9.17) is 16.3 Å². The number of halogens is 2. The highest BCUT2D eigenvalue weighted by atomic mass is 79.9. The van der Waals surface area contributed by atoms with Crippen LogP contribution in [0.25, 0.3) is 0 Å². The minimum Gasteiger partial charge on any atom is -0.483 e. The van der Waals surface area contributed by atoms with E-state index in [1.54, 1.807) is 11.0 Å². The van der Waals surface area contributed by atoms with Gasteiger partial charge in [0.15, 0.2) is 6.61 Å². The van der Waals surface area contributed by atoms with E-state index in [2.05, 4.69) is 28.2 Å². The van der Waals surface area contributed by atoms with Crippen LogP contribution in [0.2, 0.25) is 5.02 Å². The number of rotatable bonds is 12. The number of benzene rings is 3. The first-order valence-corrected chi connectivity index (χ1v) is 13.4. The third-order valence-electron chi connectivity index (χ3n) is 5.87. The monoisotopic (exact) mass is 570 g/mol. The average Bonchev–Trinajstić information content (AvgIpc) is 2.89. The van der Waals surface area contributed by atoms with Crippen LogP contribution in [-0.2, 0) is 29.0 Å². The minimum atomic E-state index is -0.725. The number of carbonyl (C=O) groups excluding carboxylic acids is 2. The highest BCUT2D eigenvalue weighted by Gasteiger charge is 2.31. The summed E-state index contributed by atoms with van der Waals surface area (Å²) >= 11 is 9.98. The summed E-state index contributed by atoms with van der Waals surface area (Å²) in [6, 6.07) is 22.2. The van der Waals surface area contributed by atoms with E-state index in [-0.39, 0.29) is 25.0 Å². The molecule has 7 heteroatoms. The number of hydrogen-bond donors (Lipinski definition) is 1. The summed E-state index contributed by atoms with van der Waals surface area (Å²) in [6.45, 7) is 4.59. The predicted octanol–water partition coefficient (Wildman–Crippen LogP) is 6.21. The summed E-state index contributed by atoms with van der Waals surface area (Å²) in [5.74, 6) is 0.0804. The lowest BCUT2D eigenvalue weighted by Gasteiger charge is -2.31. The van der Waals surface area contributed by atoms with Crippen LogP contribution in [0.3, 0.4) is 0 Å². The van der Waals surface area contributed by atoms with Crippen LogP contribution in [0, 0.1) is 0 Å². The Morgan fingerprint density at radius 2 is 1.72 bits per heavy atom. The summed E-state index contributed by atoms with van der Waals surface area (Å²) in [4.78, 5) is 28.6. The lowest BCUT2D eigenvalue weighted by Crippen LogP contribution is -2.51. The van der Waals surface area contributed by atoms with E-state index in [0.29, 0.717) is 23.7 Å². The summed E-state index contributed by atoms with van der Waals surface area (Å²) in [5, 5.41) is 3.51. The molecule has 0 aliphatic heterocycles. The molecule has 190 valence electrons. The van der Waals surface area contributed by atoms with Crippen LogP contribution in [-0.4, -0.2) is 35.9 Å². The second kappa shape index (κ2) is 14.0. The van der Waals surface area contributed by atoms with Crippen LogP contribution < -0.4 is 10.1 Å². The Morgan fingerprint density at radius 3 is 2.39 bits per heavy atom. The van der Waals surface area contributed by atoms with Crippen molar-refractivity contribution in [1.29, 1.82) is 0 Å². The highest BCUT2D eigenvalue weighted by molar-refractivity contribution is 9.10. The van der Waals surface area contributed by atoms with Gasteiger partial charge in [-0.05, 0) is 63.7 Å². The maximum atomic E-state index is 13.6. The van der Waals surface area contributed by atoms with Crippen molar-refractivity contribution in [2.24, 2.45) is 0 Å². The Labute approximate surface area is 226 Å². The average molecular weight is 572 g/mol. The topological polar surface area (TPSA) is 58.6 Å². The molecular formula is C29H32BrClN2O3. The molecule has 0 saturated heterocycles. The highest BCUT2D eigenvalue weighted by Crippen LogP contribution is 2.27. The summed E-state index contributed by atoms with van der Waals surface area (Å²) in [7, 11) is 0. The maximum Gasteiger partial charge on any atom is 0.261 e. The molecular weight excluding hydrogens is 540 g/mol. The van der Waals surface area contributed by atoms with Gasteiger partial charge in [0.2, 0.25) is 5.91 Å². The van der Waals surface area contributed by atoms with Gasteiger partial charge in [0.1, 0.15) is 11.8 Å². The molecule has 0 aliphatic rings. The van der Waals surface area contributed by atoms with E-state index in [1.165, 1.54) is 0 Å². The SMILES string of the molecule is CCCNC(=O)[C@@H](Cc1ccccc1)N(Cc1ccccc1Cl)C(=O)COc1ccc(CC)cc1Br. The van der Waals surface area contributed by atoms with Gasteiger partial charge in [-0.3, -0.25) is 9.59 Å². The van der Waals surface area contributed by atoms with Gasteiger partial charge in [0.05, 0.1) is 4.47 Å². The molecule has 0 heterocycles. The molecule has 36 heavy (non-hydrogen) atoms. The molecule has 3 aromatic rings. The Hall–Kier alpha value is -2.83. The van der Waals surface area contributed by atoms with E-state index in [0.717, 1.165) is 34.0 Å². The second-order valence-corrected chi connectivity index (χ2v) is 9.78. The molecule has 0 saturated carbocycles. The smallest absolute Gasteiger partial charge is 0.261 e. The fourth-order valence-corrected chi connectivity index (χ4v) is 4.57. The summed E-state index contributed by atoms with van der Waals surface area (Å²) in [5.41, 5.74) is 2.89. The third-order valence-corrected chi connectivity index (χ3v) is 6.86. The molecule has 2 amide bonds. The van der Waals surface area contributed by atoms with Crippen molar-refractivity contribution in [2.45, 2.75) is 45.7 Å². The van der Waals surface area contributed by atoms with Crippen LogP contribution in [0.5, 0.6) is 5.75 Å². The Kier molecular flexibility index (Phi) is 10.8. The predicted molar refractivity (Wildman–Crippen MR) is 148 cm³/mol. The molecule has 0 bridgehead atoms. The summed E-state index contributed by atoms with van der Waals surface area (Å²) < 4.78 is 6.69. The zero-order chi connectivity index (χ0) is 25.9. The largest absolute Gasteiger partial charge is 0.483 e. The molecule has 0 fully saturated rings.